The standard InChI is InChI=1S/C25H22F2N6O2/c26-14-9-10-20(18(27)11-14)32-25(35)31-19-8-4-3-7-16(19)22(34)17-12-33(15-5-1-2-6-15)24-21(17)23(28)29-13-30-24/h3-4,7-13,15H,1-2,5-6H2,(H2,28,29,30)(H2,31,32,35). The van der Waals surface area contributed by atoms with Crippen LogP contribution in [0.5, 0.6) is 0 Å². The van der Waals surface area contributed by atoms with E-state index in [1.807, 2.05) is 4.57 Å². The van der Waals surface area contributed by atoms with Crippen LogP contribution in [0.1, 0.15) is 47.6 Å². The van der Waals surface area contributed by atoms with Crippen LogP contribution in [0.25, 0.3) is 11.0 Å². The van der Waals surface area contributed by atoms with Crippen LogP contribution in [-0.2, 0) is 0 Å². The van der Waals surface area contributed by atoms with Crippen LogP contribution in [0.3, 0.4) is 0 Å². The van der Waals surface area contributed by atoms with Gasteiger partial charge in [0.15, 0.2) is 5.78 Å². The lowest BCUT2D eigenvalue weighted by molar-refractivity contribution is 0.104. The maximum absolute atomic E-state index is 13.9. The van der Waals surface area contributed by atoms with Gasteiger partial charge in [-0.05, 0) is 37.1 Å². The fourth-order valence-corrected chi connectivity index (χ4v) is 4.54. The second-order valence-electron chi connectivity index (χ2n) is 8.42. The molecule has 0 radical (unpaired) electrons. The number of nitrogen functional groups attached to an aromatic ring is 1. The Balaban J connectivity index is 1.48. The molecule has 2 amide bonds. The molecule has 5 rings (SSSR count). The maximum atomic E-state index is 13.9. The first-order valence-corrected chi connectivity index (χ1v) is 11.2. The van der Waals surface area contributed by atoms with Gasteiger partial charge in [0, 0.05) is 23.9 Å². The zero-order valence-electron chi connectivity index (χ0n) is 18.6. The highest BCUT2D eigenvalue weighted by atomic mass is 19.1. The van der Waals surface area contributed by atoms with Gasteiger partial charge in [0.25, 0.3) is 0 Å². The lowest BCUT2D eigenvalue weighted by Crippen LogP contribution is -2.21. The Morgan fingerprint density at radius 3 is 2.49 bits per heavy atom. The average Bonchev–Trinajstić information content (AvgIpc) is 3.49. The van der Waals surface area contributed by atoms with Crippen LogP contribution in [0.15, 0.2) is 55.0 Å². The summed E-state index contributed by atoms with van der Waals surface area (Å²) >= 11 is 0. The molecule has 0 aliphatic heterocycles. The third-order valence-electron chi connectivity index (χ3n) is 6.20. The zero-order valence-corrected chi connectivity index (χ0v) is 18.6. The first-order valence-electron chi connectivity index (χ1n) is 11.2. The minimum atomic E-state index is -0.917. The van der Waals surface area contributed by atoms with E-state index in [4.69, 9.17) is 5.73 Å². The van der Waals surface area contributed by atoms with Crippen molar-refractivity contribution >= 4 is 40.0 Å². The molecule has 10 heteroatoms. The van der Waals surface area contributed by atoms with Crippen LogP contribution >= 0.6 is 0 Å². The molecule has 1 aliphatic rings. The highest BCUT2D eigenvalue weighted by Crippen LogP contribution is 2.36. The third kappa shape index (κ3) is 4.30. The molecular weight excluding hydrogens is 454 g/mol. The lowest BCUT2D eigenvalue weighted by Gasteiger charge is -2.12. The van der Waals surface area contributed by atoms with Crippen LogP contribution in [0.4, 0.5) is 30.8 Å². The van der Waals surface area contributed by atoms with Crippen molar-refractivity contribution in [2.75, 3.05) is 16.4 Å². The predicted octanol–water partition coefficient (Wildman–Crippen LogP) is 5.28. The predicted molar refractivity (Wildman–Crippen MR) is 128 cm³/mol. The number of nitrogens with two attached hydrogens (primary N) is 1. The summed E-state index contributed by atoms with van der Waals surface area (Å²) in [4.78, 5) is 34.7. The normalized spacial score (nSPS) is 13.8. The number of benzene rings is 2. The molecule has 0 saturated heterocycles. The van der Waals surface area contributed by atoms with Gasteiger partial charge in [-0.1, -0.05) is 25.0 Å². The SMILES string of the molecule is Nc1ncnc2c1c(C(=O)c1ccccc1NC(=O)Nc1ccc(F)cc1F)cn2C1CCCC1. The first-order chi connectivity index (χ1) is 16.9. The number of carbonyl (C=O) groups is 2. The Hall–Kier alpha value is -4.34. The number of anilines is 3. The Morgan fingerprint density at radius 2 is 1.71 bits per heavy atom. The molecular formula is C25H22F2N6O2. The number of urea groups is 1. The van der Waals surface area contributed by atoms with Crippen molar-refractivity contribution in [3.05, 3.63) is 77.8 Å². The molecule has 2 heterocycles. The van der Waals surface area contributed by atoms with Crippen molar-refractivity contribution in [2.24, 2.45) is 0 Å². The molecule has 1 fully saturated rings. The second kappa shape index (κ2) is 9.13. The Kier molecular flexibility index (Phi) is 5.86. The van der Waals surface area contributed by atoms with E-state index in [2.05, 4.69) is 20.6 Å². The van der Waals surface area contributed by atoms with E-state index in [-0.39, 0.29) is 34.6 Å². The second-order valence-corrected chi connectivity index (χ2v) is 8.42. The number of nitrogens with zero attached hydrogens (tertiary/aromatic N) is 3. The molecule has 1 saturated carbocycles. The van der Waals surface area contributed by atoms with Gasteiger partial charge >= 0.3 is 6.03 Å². The van der Waals surface area contributed by atoms with Crippen molar-refractivity contribution in [1.82, 2.24) is 14.5 Å². The first kappa shape index (κ1) is 22.5. The summed E-state index contributed by atoms with van der Waals surface area (Å²) in [5, 5.41) is 5.37. The van der Waals surface area contributed by atoms with Gasteiger partial charge in [-0.3, -0.25) is 4.79 Å². The minimum absolute atomic E-state index is 0.197. The summed E-state index contributed by atoms with van der Waals surface area (Å²) in [6.07, 6.45) is 7.32. The molecule has 35 heavy (non-hydrogen) atoms. The largest absolute Gasteiger partial charge is 0.383 e. The topological polar surface area (TPSA) is 115 Å². The Morgan fingerprint density at radius 1 is 0.971 bits per heavy atom. The molecule has 8 nitrogen and oxygen atoms in total. The number of halogens is 2. The van der Waals surface area contributed by atoms with Crippen LogP contribution in [-0.4, -0.2) is 26.3 Å². The summed E-state index contributed by atoms with van der Waals surface area (Å²) in [6.45, 7) is 0. The van der Waals surface area contributed by atoms with Crippen LogP contribution < -0.4 is 16.4 Å². The molecule has 2 aromatic heterocycles. The maximum Gasteiger partial charge on any atom is 0.323 e. The van der Waals surface area contributed by atoms with Crippen LogP contribution in [0.2, 0.25) is 0 Å². The van der Waals surface area contributed by atoms with Crippen molar-refractivity contribution in [1.29, 1.82) is 0 Å². The third-order valence-corrected chi connectivity index (χ3v) is 6.20. The summed E-state index contributed by atoms with van der Waals surface area (Å²) in [6, 6.07) is 8.71. The Labute approximate surface area is 199 Å². The quantitative estimate of drug-likeness (QED) is 0.339. The molecule has 178 valence electrons. The van der Waals surface area contributed by atoms with Gasteiger partial charge in [-0.2, -0.15) is 0 Å². The number of hydrogen-bond donors (Lipinski definition) is 3. The van der Waals surface area contributed by atoms with Gasteiger partial charge in [0.05, 0.1) is 22.3 Å². The van der Waals surface area contributed by atoms with Crippen molar-refractivity contribution in [3.63, 3.8) is 0 Å². The molecule has 0 unspecified atom stereocenters. The molecule has 1 aliphatic carbocycles. The monoisotopic (exact) mass is 476 g/mol. The van der Waals surface area contributed by atoms with E-state index in [0.29, 0.717) is 22.7 Å². The smallest absolute Gasteiger partial charge is 0.323 e. The summed E-state index contributed by atoms with van der Waals surface area (Å²) in [5.74, 6) is -1.84. The molecule has 2 aromatic carbocycles. The lowest BCUT2D eigenvalue weighted by atomic mass is 10.0. The minimum Gasteiger partial charge on any atom is -0.383 e. The van der Waals surface area contributed by atoms with E-state index in [1.165, 1.54) is 6.33 Å². The zero-order chi connectivity index (χ0) is 24.5. The highest BCUT2D eigenvalue weighted by Gasteiger charge is 2.26. The van der Waals surface area contributed by atoms with E-state index in [0.717, 1.165) is 37.8 Å². The van der Waals surface area contributed by atoms with Gasteiger partial charge in [0.2, 0.25) is 0 Å². The number of para-hydroxylation sites is 1. The molecule has 0 bridgehead atoms. The number of rotatable bonds is 5. The number of hydrogen-bond acceptors (Lipinski definition) is 5. The van der Waals surface area contributed by atoms with Gasteiger partial charge in [-0.15, -0.1) is 0 Å². The molecule has 4 aromatic rings. The number of amides is 2. The van der Waals surface area contributed by atoms with E-state index >= 15 is 0 Å². The van der Waals surface area contributed by atoms with Crippen molar-refractivity contribution < 1.29 is 18.4 Å². The van der Waals surface area contributed by atoms with E-state index < -0.39 is 17.7 Å². The van der Waals surface area contributed by atoms with Gasteiger partial charge < -0.3 is 20.9 Å². The van der Waals surface area contributed by atoms with Gasteiger partial charge in [-0.25, -0.2) is 23.5 Å². The molecule has 4 N–H and O–H groups in total. The number of fused-ring (bicyclic) bond motifs is 1. The number of ketones is 1. The number of carbonyl (C=O) groups excluding carboxylic acids is 2. The van der Waals surface area contributed by atoms with Crippen LogP contribution in [0, 0.1) is 11.6 Å². The van der Waals surface area contributed by atoms with Crippen molar-refractivity contribution in [2.45, 2.75) is 31.7 Å². The average molecular weight is 476 g/mol. The Bertz CT molecular complexity index is 1450. The summed E-state index contributed by atoms with van der Waals surface area (Å²) in [5.41, 5.74) is 7.33. The highest BCUT2D eigenvalue weighted by molar-refractivity contribution is 6.21. The fraction of sp³-hybridized carbons (Fsp3) is 0.200. The summed E-state index contributed by atoms with van der Waals surface area (Å²) < 4.78 is 29.1. The fourth-order valence-electron chi connectivity index (χ4n) is 4.54. The van der Waals surface area contributed by atoms with Crippen molar-refractivity contribution in [3.8, 4) is 0 Å². The van der Waals surface area contributed by atoms with E-state index in [9.17, 15) is 18.4 Å². The van der Waals surface area contributed by atoms with E-state index in [1.54, 1.807) is 30.5 Å². The number of nitrogens with one attached hydrogen (secondary N) is 2. The van der Waals surface area contributed by atoms with Gasteiger partial charge in [0.1, 0.15) is 29.4 Å². The number of aromatic nitrogens is 3. The molecule has 0 spiro atoms. The molecule has 0 atom stereocenters. The summed E-state index contributed by atoms with van der Waals surface area (Å²) in [7, 11) is 0.